The topological polar surface area (TPSA) is 32.5 Å². The Kier molecular flexibility index (Phi) is 4.61. The Morgan fingerprint density at radius 1 is 1.17 bits per heavy atom. The standard InChI is InChI=1S/C15H25N3/c1-3-14-6-4-5-13(2)15(14)18-11-9-17(8-7-16)10-12-18/h4-6H,3,7-12,16H2,1-2H3. The molecule has 2 rings (SSSR count). The minimum atomic E-state index is 0.768. The van der Waals surface area contributed by atoms with E-state index in [1.54, 1.807) is 0 Å². The van der Waals surface area contributed by atoms with E-state index in [1.165, 1.54) is 16.8 Å². The number of hydrogen-bond donors (Lipinski definition) is 1. The lowest BCUT2D eigenvalue weighted by Crippen LogP contribution is -2.48. The van der Waals surface area contributed by atoms with E-state index in [-0.39, 0.29) is 0 Å². The van der Waals surface area contributed by atoms with Gasteiger partial charge in [0, 0.05) is 45.0 Å². The van der Waals surface area contributed by atoms with Crippen molar-refractivity contribution in [3.63, 3.8) is 0 Å². The van der Waals surface area contributed by atoms with Crippen molar-refractivity contribution in [3.05, 3.63) is 29.3 Å². The lowest BCUT2D eigenvalue weighted by Gasteiger charge is -2.37. The zero-order valence-corrected chi connectivity index (χ0v) is 11.7. The molecule has 0 atom stereocenters. The third kappa shape index (κ3) is 2.85. The van der Waals surface area contributed by atoms with Crippen LogP contribution in [0.15, 0.2) is 18.2 Å². The highest BCUT2D eigenvalue weighted by molar-refractivity contribution is 5.59. The van der Waals surface area contributed by atoms with E-state index in [0.29, 0.717) is 0 Å². The molecule has 2 N–H and O–H groups in total. The van der Waals surface area contributed by atoms with Gasteiger partial charge >= 0.3 is 0 Å². The van der Waals surface area contributed by atoms with Crippen LogP contribution < -0.4 is 10.6 Å². The van der Waals surface area contributed by atoms with Crippen LogP contribution in [0, 0.1) is 6.92 Å². The predicted molar refractivity (Wildman–Crippen MR) is 78.3 cm³/mol. The van der Waals surface area contributed by atoms with Gasteiger partial charge in [0.1, 0.15) is 0 Å². The van der Waals surface area contributed by atoms with Gasteiger partial charge in [0.05, 0.1) is 0 Å². The van der Waals surface area contributed by atoms with Crippen LogP contribution >= 0.6 is 0 Å². The molecule has 0 aromatic heterocycles. The average Bonchev–Trinajstić information content (AvgIpc) is 2.40. The molecule has 0 spiro atoms. The highest BCUT2D eigenvalue weighted by atomic mass is 15.3. The van der Waals surface area contributed by atoms with E-state index in [0.717, 1.165) is 45.7 Å². The molecular weight excluding hydrogens is 222 g/mol. The van der Waals surface area contributed by atoms with E-state index in [9.17, 15) is 0 Å². The molecule has 1 fully saturated rings. The molecule has 0 amide bonds. The fraction of sp³-hybridized carbons (Fsp3) is 0.600. The molecule has 0 saturated carbocycles. The van der Waals surface area contributed by atoms with E-state index < -0.39 is 0 Å². The van der Waals surface area contributed by atoms with Gasteiger partial charge < -0.3 is 10.6 Å². The molecule has 1 aliphatic heterocycles. The third-order valence-corrected chi connectivity index (χ3v) is 3.84. The molecule has 1 aromatic carbocycles. The molecule has 1 aliphatic rings. The van der Waals surface area contributed by atoms with Crippen LogP contribution in [0.2, 0.25) is 0 Å². The first kappa shape index (κ1) is 13.4. The number of hydrogen-bond acceptors (Lipinski definition) is 3. The highest BCUT2D eigenvalue weighted by Crippen LogP contribution is 2.26. The summed E-state index contributed by atoms with van der Waals surface area (Å²) in [5.41, 5.74) is 9.96. The van der Waals surface area contributed by atoms with Crippen LogP contribution in [0.3, 0.4) is 0 Å². The maximum Gasteiger partial charge on any atom is 0.0429 e. The third-order valence-electron chi connectivity index (χ3n) is 3.84. The molecule has 3 heteroatoms. The van der Waals surface area contributed by atoms with Crippen molar-refractivity contribution in [2.24, 2.45) is 5.73 Å². The van der Waals surface area contributed by atoms with Gasteiger partial charge in [-0.05, 0) is 24.5 Å². The molecule has 3 nitrogen and oxygen atoms in total. The van der Waals surface area contributed by atoms with Crippen molar-refractivity contribution >= 4 is 5.69 Å². The van der Waals surface area contributed by atoms with Gasteiger partial charge in [-0.2, -0.15) is 0 Å². The smallest absolute Gasteiger partial charge is 0.0429 e. The Bertz CT molecular complexity index is 381. The van der Waals surface area contributed by atoms with Gasteiger partial charge in [-0.3, -0.25) is 4.90 Å². The van der Waals surface area contributed by atoms with Crippen LogP contribution in [-0.2, 0) is 6.42 Å². The molecule has 100 valence electrons. The molecule has 0 aliphatic carbocycles. The van der Waals surface area contributed by atoms with E-state index in [2.05, 4.69) is 41.8 Å². The maximum absolute atomic E-state index is 5.62. The van der Waals surface area contributed by atoms with Crippen molar-refractivity contribution in [3.8, 4) is 0 Å². The first-order valence-corrected chi connectivity index (χ1v) is 7.02. The quantitative estimate of drug-likeness (QED) is 0.878. The summed E-state index contributed by atoms with van der Waals surface area (Å²) in [4.78, 5) is 5.00. The monoisotopic (exact) mass is 247 g/mol. The van der Waals surface area contributed by atoms with Gasteiger partial charge in [-0.1, -0.05) is 25.1 Å². The maximum atomic E-state index is 5.62. The SMILES string of the molecule is CCc1cccc(C)c1N1CCN(CCN)CC1. The number of benzene rings is 1. The second-order valence-corrected chi connectivity index (χ2v) is 5.05. The number of nitrogens with two attached hydrogens (primary N) is 1. The molecule has 1 heterocycles. The molecule has 0 bridgehead atoms. The van der Waals surface area contributed by atoms with Gasteiger partial charge in [0.2, 0.25) is 0 Å². The summed E-state index contributed by atoms with van der Waals surface area (Å²) in [6.07, 6.45) is 1.11. The summed E-state index contributed by atoms with van der Waals surface area (Å²) in [6, 6.07) is 6.65. The van der Waals surface area contributed by atoms with Gasteiger partial charge in [0.25, 0.3) is 0 Å². The molecule has 1 saturated heterocycles. The molecule has 0 radical (unpaired) electrons. The number of aryl methyl sites for hydroxylation is 2. The largest absolute Gasteiger partial charge is 0.369 e. The van der Waals surface area contributed by atoms with E-state index in [1.807, 2.05) is 0 Å². The number of anilines is 1. The molecule has 0 unspecified atom stereocenters. The zero-order chi connectivity index (χ0) is 13.0. The first-order valence-electron chi connectivity index (χ1n) is 7.02. The Balaban J connectivity index is 2.09. The van der Waals surface area contributed by atoms with Crippen molar-refractivity contribution in [2.45, 2.75) is 20.3 Å². The van der Waals surface area contributed by atoms with Crippen LogP contribution in [0.4, 0.5) is 5.69 Å². The van der Waals surface area contributed by atoms with Crippen molar-refractivity contribution in [2.75, 3.05) is 44.2 Å². The first-order chi connectivity index (χ1) is 8.76. The predicted octanol–water partition coefficient (Wildman–Crippen LogP) is 1.64. The van der Waals surface area contributed by atoms with Crippen LogP contribution in [0.25, 0.3) is 0 Å². The Morgan fingerprint density at radius 2 is 1.89 bits per heavy atom. The van der Waals surface area contributed by atoms with E-state index in [4.69, 9.17) is 5.73 Å². The van der Waals surface area contributed by atoms with Crippen molar-refractivity contribution in [1.29, 1.82) is 0 Å². The second-order valence-electron chi connectivity index (χ2n) is 5.05. The van der Waals surface area contributed by atoms with Crippen LogP contribution in [0.5, 0.6) is 0 Å². The number of rotatable bonds is 4. The zero-order valence-electron chi connectivity index (χ0n) is 11.7. The average molecular weight is 247 g/mol. The summed E-state index contributed by atoms with van der Waals surface area (Å²) >= 11 is 0. The highest BCUT2D eigenvalue weighted by Gasteiger charge is 2.19. The minimum Gasteiger partial charge on any atom is -0.369 e. The lowest BCUT2D eigenvalue weighted by atomic mass is 10.0. The summed E-state index contributed by atoms with van der Waals surface area (Å²) in [5, 5.41) is 0. The summed E-state index contributed by atoms with van der Waals surface area (Å²) in [6.45, 7) is 10.8. The Hall–Kier alpha value is -1.06. The molecule has 18 heavy (non-hydrogen) atoms. The van der Waals surface area contributed by atoms with Gasteiger partial charge in [-0.15, -0.1) is 0 Å². The fourth-order valence-electron chi connectivity index (χ4n) is 2.84. The second kappa shape index (κ2) is 6.21. The van der Waals surface area contributed by atoms with Gasteiger partial charge in [0.15, 0.2) is 0 Å². The lowest BCUT2D eigenvalue weighted by molar-refractivity contribution is 0.264. The van der Waals surface area contributed by atoms with Crippen LogP contribution in [-0.4, -0.2) is 44.2 Å². The Labute approximate surface area is 111 Å². The summed E-state index contributed by atoms with van der Waals surface area (Å²) in [7, 11) is 0. The molecule has 1 aromatic rings. The fourth-order valence-corrected chi connectivity index (χ4v) is 2.84. The summed E-state index contributed by atoms with van der Waals surface area (Å²) in [5.74, 6) is 0. The Morgan fingerprint density at radius 3 is 2.50 bits per heavy atom. The van der Waals surface area contributed by atoms with Crippen molar-refractivity contribution < 1.29 is 0 Å². The van der Waals surface area contributed by atoms with E-state index >= 15 is 0 Å². The number of para-hydroxylation sites is 1. The number of piperazine rings is 1. The molecular formula is C15H25N3. The normalized spacial score (nSPS) is 17.2. The minimum absolute atomic E-state index is 0.768. The summed E-state index contributed by atoms with van der Waals surface area (Å²) < 4.78 is 0. The number of nitrogens with zero attached hydrogens (tertiary/aromatic N) is 2. The van der Waals surface area contributed by atoms with Crippen molar-refractivity contribution in [1.82, 2.24) is 4.90 Å². The van der Waals surface area contributed by atoms with Gasteiger partial charge in [-0.25, -0.2) is 0 Å². The van der Waals surface area contributed by atoms with Crippen LogP contribution in [0.1, 0.15) is 18.1 Å².